The third-order valence-corrected chi connectivity index (χ3v) is 4.54. The van der Waals surface area contributed by atoms with Crippen molar-refractivity contribution in [2.75, 3.05) is 10.6 Å². The second kappa shape index (κ2) is 6.79. The van der Waals surface area contributed by atoms with Gasteiger partial charge in [-0.25, -0.2) is 14.8 Å². The van der Waals surface area contributed by atoms with Crippen LogP contribution in [0.4, 0.5) is 15.6 Å². The molecule has 24 heavy (non-hydrogen) atoms. The molecule has 3 aromatic rings. The third-order valence-electron chi connectivity index (χ3n) is 2.85. The molecule has 0 atom stereocenters. The van der Waals surface area contributed by atoms with Crippen LogP contribution < -0.4 is 10.6 Å². The number of carbonyl (C=O) groups is 1. The van der Waals surface area contributed by atoms with Gasteiger partial charge in [-0.05, 0) is 24.3 Å². The molecule has 0 aliphatic carbocycles. The van der Waals surface area contributed by atoms with E-state index in [9.17, 15) is 4.79 Å². The van der Waals surface area contributed by atoms with E-state index in [1.54, 1.807) is 12.1 Å². The number of hydrogen-bond acceptors (Lipinski definition) is 5. The van der Waals surface area contributed by atoms with Crippen LogP contribution in [0.15, 0.2) is 24.3 Å². The van der Waals surface area contributed by atoms with Gasteiger partial charge in [0.2, 0.25) is 0 Å². The molecule has 120 valence electrons. The van der Waals surface area contributed by atoms with Gasteiger partial charge in [0.05, 0.1) is 27.4 Å². The largest absolute Gasteiger partial charge is 0.325 e. The van der Waals surface area contributed by atoms with Crippen LogP contribution >= 0.6 is 46.1 Å². The Labute approximate surface area is 155 Å². The first-order valence-electron chi connectivity index (χ1n) is 6.36. The van der Waals surface area contributed by atoms with Crippen molar-refractivity contribution < 1.29 is 4.79 Å². The van der Waals surface area contributed by atoms with E-state index >= 15 is 0 Å². The van der Waals surface area contributed by atoms with Crippen LogP contribution in [-0.2, 0) is 0 Å². The maximum atomic E-state index is 12.1. The number of aromatic nitrogens is 2. The Balaban J connectivity index is 1.79. The summed E-state index contributed by atoms with van der Waals surface area (Å²) in [6.45, 7) is 0. The van der Waals surface area contributed by atoms with Crippen molar-refractivity contribution in [1.29, 1.82) is 5.26 Å². The van der Waals surface area contributed by atoms with Crippen molar-refractivity contribution in [1.82, 2.24) is 9.97 Å². The van der Waals surface area contributed by atoms with Gasteiger partial charge in [0.15, 0.2) is 5.13 Å². The van der Waals surface area contributed by atoms with Crippen molar-refractivity contribution in [3.63, 3.8) is 0 Å². The predicted molar refractivity (Wildman–Crippen MR) is 96.2 cm³/mol. The highest BCUT2D eigenvalue weighted by atomic mass is 35.5. The fourth-order valence-corrected chi connectivity index (χ4v) is 3.46. The number of rotatable bonds is 2. The quantitative estimate of drug-likeness (QED) is 0.583. The lowest BCUT2D eigenvalue weighted by Gasteiger charge is -2.09. The number of halogens is 3. The first kappa shape index (κ1) is 16.7. The van der Waals surface area contributed by atoms with Crippen LogP contribution in [0.3, 0.4) is 0 Å². The number of benzene rings is 1. The van der Waals surface area contributed by atoms with Gasteiger partial charge in [-0.2, -0.15) is 5.26 Å². The molecule has 2 aromatic heterocycles. The molecule has 0 saturated carbocycles. The summed E-state index contributed by atoms with van der Waals surface area (Å²) in [5, 5.41) is 15.0. The Bertz CT molecular complexity index is 975. The molecular weight excluding hydrogens is 393 g/mol. The van der Waals surface area contributed by atoms with Gasteiger partial charge in [-0.3, -0.25) is 5.32 Å². The van der Waals surface area contributed by atoms with Gasteiger partial charge < -0.3 is 5.32 Å². The summed E-state index contributed by atoms with van der Waals surface area (Å²) in [6.07, 6.45) is 0. The van der Waals surface area contributed by atoms with Gasteiger partial charge in [-0.15, -0.1) is 0 Å². The molecule has 2 amide bonds. The molecule has 0 radical (unpaired) electrons. The molecule has 0 fully saturated rings. The number of carbonyl (C=O) groups excluding carboxylic acids is 1. The van der Waals surface area contributed by atoms with Crippen molar-refractivity contribution in [2.24, 2.45) is 0 Å². The Kier molecular flexibility index (Phi) is 4.73. The molecule has 0 spiro atoms. The van der Waals surface area contributed by atoms with E-state index < -0.39 is 6.03 Å². The minimum atomic E-state index is -0.575. The van der Waals surface area contributed by atoms with Gasteiger partial charge in [0.1, 0.15) is 15.5 Å². The number of urea groups is 1. The Morgan fingerprint density at radius 2 is 1.83 bits per heavy atom. The van der Waals surface area contributed by atoms with E-state index in [1.807, 2.05) is 6.07 Å². The average molecular weight is 399 g/mol. The highest BCUT2D eigenvalue weighted by Crippen LogP contribution is 2.32. The predicted octanol–water partition coefficient (Wildman–Crippen LogP) is 5.17. The first-order chi connectivity index (χ1) is 11.5. The lowest BCUT2D eigenvalue weighted by atomic mass is 10.2. The summed E-state index contributed by atoms with van der Waals surface area (Å²) < 4.78 is 0. The van der Waals surface area contributed by atoms with Crippen LogP contribution in [-0.4, -0.2) is 16.0 Å². The Morgan fingerprint density at radius 3 is 2.50 bits per heavy atom. The molecule has 10 heteroatoms. The standard InChI is InChI=1S/C14H6Cl3N5OS/c15-7-3-6(5-18)4-8(16)11(7)21-13(23)22-14-19-9-1-2-10(17)20-12(9)24-14/h1-4H,(H2,19,21,22,23). The molecule has 0 bridgehead atoms. The average Bonchev–Trinajstić information content (AvgIpc) is 2.91. The van der Waals surface area contributed by atoms with Crippen LogP contribution in [0.5, 0.6) is 0 Å². The van der Waals surface area contributed by atoms with Gasteiger partial charge in [-0.1, -0.05) is 46.1 Å². The minimum Gasteiger partial charge on any atom is -0.305 e. The first-order valence-corrected chi connectivity index (χ1v) is 8.31. The lowest BCUT2D eigenvalue weighted by Crippen LogP contribution is -2.19. The summed E-state index contributed by atoms with van der Waals surface area (Å²) in [5.74, 6) is 0. The van der Waals surface area contributed by atoms with Gasteiger partial charge >= 0.3 is 6.03 Å². The highest BCUT2D eigenvalue weighted by Gasteiger charge is 2.14. The molecule has 0 unspecified atom stereocenters. The van der Waals surface area contributed by atoms with Crippen LogP contribution in [0.2, 0.25) is 15.2 Å². The number of fused-ring (bicyclic) bond motifs is 1. The zero-order valence-corrected chi connectivity index (χ0v) is 14.7. The third kappa shape index (κ3) is 3.52. The molecule has 1 aromatic carbocycles. The zero-order chi connectivity index (χ0) is 17.3. The van der Waals surface area contributed by atoms with Gasteiger partial charge in [0, 0.05) is 0 Å². The number of nitrogens with one attached hydrogen (secondary N) is 2. The number of nitrogens with zero attached hydrogens (tertiary/aromatic N) is 3. The topological polar surface area (TPSA) is 90.7 Å². The van der Waals surface area contributed by atoms with Crippen molar-refractivity contribution in [2.45, 2.75) is 0 Å². The number of nitriles is 1. The van der Waals surface area contributed by atoms with Crippen LogP contribution in [0.1, 0.15) is 5.56 Å². The summed E-state index contributed by atoms with van der Waals surface area (Å²) >= 11 is 19.0. The summed E-state index contributed by atoms with van der Waals surface area (Å²) in [7, 11) is 0. The fourth-order valence-electron chi connectivity index (χ4n) is 1.85. The Morgan fingerprint density at radius 1 is 1.12 bits per heavy atom. The summed E-state index contributed by atoms with van der Waals surface area (Å²) in [5.41, 5.74) is 1.12. The number of anilines is 2. The smallest absolute Gasteiger partial charge is 0.305 e. The Hall–Kier alpha value is -2.11. The summed E-state index contributed by atoms with van der Waals surface area (Å²) in [6, 6.07) is 7.49. The maximum absolute atomic E-state index is 12.1. The van der Waals surface area contributed by atoms with E-state index in [2.05, 4.69) is 20.6 Å². The molecular formula is C14H6Cl3N5OS. The van der Waals surface area contributed by atoms with E-state index in [4.69, 9.17) is 40.1 Å². The molecule has 0 aliphatic rings. The fraction of sp³-hybridized carbons (Fsp3) is 0. The van der Waals surface area contributed by atoms with Crippen LogP contribution in [0.25, 0.3) is 10.3 Å². The van der Waals surface area contributed by atoms with E-state index in [1.165, 1.54) is 23.5 Å². The van der Waals surface area contributed by atoms with E-state index in [0.717, 1.165) is 0 Å². The molecule has 2 heterocycles. The van der Waals surface area contributed by atoms with Crippen molar-refractivity contribution in [3.8, 4) is 6.07 Å². The van der Waals surface area contributed by atoms with E-state index in [0.29, 0.717) is 26.2 Å². The molecule has 3 rings (SSSR count). The highest BCUT2D eigenvalue weighted by molar-refractivity contribution is 7.22. The molecule has 0 aliphatic heterocycles. The van der Waals surface area contributed by atoms with Gasteiger partial charge in [0.25, 0.3) is 0 Å². The molecule has 2 N–H and O–H groups in total. The number of hydrogen-bond donors (Lipinski definition) is 2. The zero-order valence-electron chi connectivity index (χ0n) is 11.6. The SMILES string of the molecule is N#Cc1cc(Cl)c(NC(=O)Nc2nc3ccc(Cl)nc3s2)c(Cl)c1. The van der Waals surface area contributed by atoms with Crippen molar-refractivity contribution in [3.05, 3.63) is 45.0 Å². The second-order valence-corrected chi connectivity index (χ2v) is 6.66. The minimum absolute atomic E-state index is 0.159. The number of amides is 2. The van der Waals surface area contributed by atoms with E-state index in [-0.39, 0.29) is 15.7 Å². The monoisotopic (exact) mass is 397 g/mol. The van der Waals surface area contributed by atoms with Crippen LogP contribution in [0, 0.1) is 11.3 Å². The maximum Gasteiger partial charge on any atom is 0.325 e. The molecule has 6 nitrogen and oxygen atoms in total. The molecule has 0 saturated heterocycles. The normalized spacial score (nSPS) is 10.4. The van der Waals surface area contributed by atoms with Crippen molar-refractivity contribution >= 4 is 73.3 Å². The number of pyridine rings is 1. The summed E-state index contributed by atoms with van der Waals surface area (Å²) in [4.78, 5) is 21.0. The number of thiazole rings is 1. The second-order valence-electron chi connectivity index (χ2n) is 4.48. The lowest BCUT2D eigenvalue weighted by molar-refractivity contribution is 0.262.